The number of aromatic nitrogens is 2. The molecule has 2 aliphatic rings. The summed E-state index contributed by atoms with van der Waals surface area (Å²) < 4.78 is 7.42. The average Bonchev–Trinajstić information content (AvgIpc) is 3.13. The molecule has 0 saturated carbocycles. The average molecular weight is 330 g/mol. The van der Waals surface area contributed by atoms with Crippen molar-refractivity contribution in [2.24, 2.45) is 0 Å². The number of carbonyl (C=O) groups is 2. The zero-order valence-corrected chi connectivity index (χ0v) is 13.0. The smallest absolute Gasteiger partial charge is 0.262 e. The van der Waals surface area contributed by atoms with E-state index in [4.69, 9.17) is 4.74 Å². The quantitative estimate of drug-likeness (QED) is 0.885. The fourth-order valence-electron chi connectivity index (χ4n) is 2.54. The summed E-state index contributed by atoms with van der Waals surface area (Å²) in [6, 6.07) is 4.96. The molecule has 0 spiro atoms. The number of thioether (sulfide) groups is 1. The third-order valence-corrected chi connectivity index (χ3v) is 4.63. The normalized spacial score (nSPS) is 15.4. The van der Waals surface area contributed by atoms with Crippen LogP contribution in [0.2, 0.25) is 0 Å². The van der Waals surface area contributed by atoms with Crippen LogP contribution in [0.4, 0.5) is 5.69 Å². The summed E-state index contributed by atoms with van der Waals surface area (Å²) >= 11 is 1.72. The number of imidazole rings is 1. The van der Waals surface area contributed by atoms with Gasteiger partial charge in [-0.1, -0.05) is 11.8 Å². The Hall–Kier alpha value is -2.48. The second-order valence-electron chi connectivity index (χ2n) is 5.29. The molecule has 0 atom stereocenters. The summed E-state index contributed by atoms with van der Waals surface area (Å²) in [4.78, 5) is 28.0. The van der Waals surface area contributed by atoms with Gasteiger partial charge < -0.3 is 19.9 Å². The van der Waals surface area contributed by atoms with Gasteiger partial charge in [0.15, 0.2) is 11.8 Å². The molecule has 3 heterocycles. The molecule has 2 aliphatic heterocycles. The monoisotopic (exact) mass is 330 g/mol. The molecule has 0 radical (unpaired) electrons. The molecule has 0 unspecified atom stereocenters. The fraction of sp³-hybridized carbons (Fsp3) is 0.267. The van der Waals surface area contributed by atoms with Crippen LogP contribution in [0.3, 0.4) is 0 Å². The van der Waals surface area contributed by atoms with E-state index >= 15 is 0 Å². The molecular weight excluding hydrogens is 316 g/mol. The summed E-state index contributed by atoms with van der Waals surface area (Å²) in [5.74, 6) is 1.17. The van der Waals surface area contributed by atoms with Crippen molar-refractivity contribution in [2.75, 3.05) is 17.7 Å². The molecule has 0 saturated heterocycles. The van der Waals surface area contributed by atoms with Crippen LogP contribution in [-0.4, -0.2) is 33.7 Å². The Balaban J connectivity index is 1.43. The minimum absolute atomic E-state index is 0.0318. The summed E-state index contributed by atoms with van der Waals surface area (Å²) in [7, 11) is 0. The molecule has 23 heavy (non-hydrogen) atoms. The predicted octanol–water partition coefficient (Wildman–Crippen LogP) is 1.25. The second kappa shape index (κ2) is 5.62. The lowest BCUT2D eigenvalue weighted by Gasteiger charge is -2.18. The summed E-state index contributed by atoms with van der Waals surface area (Å²) in [6.45, 7) is 1.32. The van der Waals surface area contributed by atoms with Crippen molar-refractivity contribution in [3.8, 4) is 5.75 Å². The zero-order valence-electron chi connectivity index (χ0n) is 12.2. The molecule has 0 bridgehead atoms. The highest BCUT2D eigenvalue weighted by Crippen LogP contribution is 2.28. The standard InChI is InChI=1S/C15H14N4O3S/c20-13-8-22-12-5-9(1-2-11(12)18-13)14(21)16-6-10-7-19-3-4-23-15(19)17-10/h1-2,5,7H,3-4,6,8H2,(H,16,21)(H,18,20). The number of nitrogens with zero attached hydrogens (tertiary/aromatic N) is 2. The third kappa shape index (κ3) is 2.77. The van der Waals surface area contributed by atoms with Crippen LogP contribution in [0.1, 0.15) is 16.1 Å². The van der Waals surface area contributed by atoms with E-state index in [0.29, 0.717) is 23.5 Å². The molecular formula is C15H14N4O3S. The maximum atomic E-state index is 12.2. The molecule has 0 aliphatic carbocycles. The number of nitrogens with one attached hydrogen (secondary N) is 2. The van der Waals surface area contributed by atoms with Gasteiger partial charge in [-0.25, -0.2) is 4.98 Å². The van der Waals surface area contributed by atoms with Crippen molar-refractivity contribution in [1.82, 2.24) is 14.9 Å². The van der Waals surface area contributed by atoms with Gasteiger partial charge in [0.1, 0.15) is 5.75 Å². The number of fused-ring (bicyclic) bond motifs is 2. The number of amides is 2. The highest BCUT2D eigenvalue weighted by Gasteiger charge is 2.18. The lowest BCUT2D eigenvalue weighted by molar-refractivity contribution is -0.118. The Morgan fingerprint density at radius 3 is 3.26 bits per heavy atom. The van der Waals surface area contributed by atoms with Gasteiger partial charge in [-0.15, -0.1) is 0 Å². The Morgan fingerprint density at radius 2 is 2.39 bits per heavy atom. The van der Waals surface area contributed by atoms with Gasteiger partial charge in [-0.05, 0) is 18.2 Å². The number of hydrogen-bond acceptors (Lipinski definition) is 5. The minimum Gasteiger partial charge on any atom is -0.482 e. The van der Waals surface area contributed by atoms with Crippen LogP contribution >= 0.6 is 11.8 Å². The van der Waals surface area contributed by atoms with Gasteiger partial charge in [0.05, 0.1) is 17.9 Å². The largest absolute Gasteiger partial charge is 0.482 e. The van der Waals surface area contributed by atoms with E-state index < -0.39 is 0 Å². The molecule has 2 N–H and O–H groups in total. The summed E-state index contributed by atoms with van der Waals surface area (Å²) in [5, 5.41) is 6.55. The van der Waals surface area contributed by atoms with Crippen LogP contribution in [0.5, 0.6) is 5.75 Å². The van der Waals surface area contributed by atoms with Gasteiger partial charge in [0.25, 0.3) is 11.8 Å². The van der Waals surface area contributed by atoms with Crippen molar-refractivity contribution in [3.05, 3.63) is 35.7 Å². The van der Waals surface area contributed by atoms with Crippen molar-refractivity contribution in [2.45, 2.75) is 18.2 Å². The molecule has 2 aromatic rings. The minimum atomic E-state index is -0.200. The molecule has 1 aromatic heterocycles. The number of aryl methyl sites for hydroxylation is 1. The number of rotatable bonds is 3. The predicted molar refractivity (Wildman–Crippen MR) is 84.7 cm³/mol. The van der Waals surface area contributed by atoms with E-state index in [9.17, 15) is 9.59 Å². The highest BCUT2D eigenvalue weighted by molar-refractivity contribution is 7.99. The molecule has 118 valence electrons. The molecule has 2 amide bonds. The third-order valence-electron chi connectivity index (χ3n) is 3.66. The van der Waals surface area contributed by atoms with Gasteiger partial charge in [-0.3, -0.25) is 9.59 Å². The van der Waals surface area contributed by atoms with E-state index in [2.05, 4.69) is 20.2 Å². The number of hydrogen-bond donors (Lipinski definition) is 2. The Morgan fingerprint density at radius 1 is 1.48 bits per heavy atom. The molecule has 4 rings (SSSR count). The Labute approximate surface area is 136 Å². The number of anilines is 1. The lowest BCUT2D eigenvalue weighted by atomic mass is 10.1. The van der Waals surface area contributed by atoms with Crippen molar-refractivity contribution >= 4 is 29.3 Å². The van der Waals surface area contributed by atoms with Crippen LogP contribution in [0.15, 0.2) is 29.6 Å². The first-order chi connectivity index (χ1) is 11.2. The van der Waals surface area contributed by atoms with Gasteiger partial charge in [-0.2, -0.15) is 0 Å². The number of carbonyl (C=O) groups excluding carboxylic acids is 2. The van der Waals surface area contributed by atoms with Crippen LogP contribution in [-0.2, 0) is 17.9 Å². The molecule has 1 aromatic carbocycles. The second-order valence-corrected chi connectivity index (χ2v) is 6.35. The number of ether oxygens (including phenoxy) is 1. The Kier molecular flexibility index (Phi) is 3.45. The fourth-order valence-corrected chi connectivity index (χ4v) is 3.50. The maximum Gasteiger partial charge on any atom is 0.262 e. The first kappa shape index (κ1) is 14.1. The van der Waals surface area contributed by atoms with E-state index in [1.54, 1.807) is 30.0 Å². The molecule has 7 nitrogen and oxygen atoms in total. The van der Waals surface area contributed by atoms with Crippen LogP contribution in [0, 0.1) is 0 Å². The first-order valence-corrected chi connectivity index (χ1v) is 8.21. The topological polar surface area (TPSA) is 85.2 Å². The summed E-state index contributed by atoms with van der Waals surface area (Å²) in [5.41, 5.74) is 1.92. The first-order valence-electron chi connectivity index (χ1n) is 7.23. The highest BCUT2D eigenvalue weighted by atomic mass is 32.2. The van der Waals surface area contributed by atoms with Crippen LogP contribution < -0.4 is 15.4 Å². The van der Waals surface area contributed by atoms with Crippen molar-refractivity contribution in [1.29, 1.82) is 0 Å². The van der Waals surface area contributed by atoms with E-state index in [-0.39, 0.29) is 18.4 Å². The molecule has 8 heteroatoms. The van der Waals surface area contributed by atoms with Crippen molar-refractivity contribution in [3.63, 3.8) is 0 Å². The van der Waals surface area contributed by atoms with Crippen LogP contribution in [0.25, 0.3) is 0 Å². The van der Waals surface area contributed by atoms with E-state index in [1.807, 2.05) is 6.20 Å². The lowest BCUT2D eigenvalue weighted by Crippen LogP contribution is -2.26. The van der Waals surface area contributed by atoms with E-state index in [0.717, 1.165) is 23.1 Å². The van der Waals surface area contributed by atoms with Gasteiger partial charge in [0, 0.05) is 24.1 Å². The van der Waals surface area contributed by atoms with Gasteiger partial charge >= 0.3 is 0 Å². The van der Waals surface area contributed by atoms with Crippen molar-refractivity contribution < 1.29 is 14.3 Å². The Bertz CT molecular complexity index is 781. The summed E-state index contributed by atoms with van der Waals surface area (Å²) in [6.07, 6.45) is 1.97. The maximum absolute atomic E-state index is 12.2. The SMILES string of the molecule is O=C1COc2cc(C(=O)NCc3cn4c(n3)SCC4)ccc2N1. The van der Waals surface area contributed by atoms with Gasteiger partial charge in [0.2, 0.25) is 0 Å². The molecule has 0 fully saturated rings. The number of benzene rings is 1. The van der Waals surface area contributed by atoms with E-state index in [1.165, 1.54) is 0 Å². The zero-order chi connectivity index (χ0) is 15.8.